The zero-order chi connectivity index (χ0) is 15.4. The maximum absolute atomic E-state index is 12.7. The molecule has 1 aliphatic rings. The summed E-state index contributed by atoms with van der Waals surface area (Å²) in [6, 6.07) is 1.02. The molecule has 1 aromatic rings. The molecular weight excluding hydrogens is 286 g/mol. The first kappa shape index (κ1) is 16.0. The van der Waals surface area contributed by atoms with Gasteiger partial charge in [0.1, 0.15) is 6.04 Å². The summed E-state index contributed by atoms with van der Waals surface area (Å²) in [5.74, 6) is -0.266. The van der Waals surface area contributed by atoms with Crippen LogP contribution in [0.15, 0.2) is 11.4 Å². The molecule has 5 nitrogen and oxygen atoms in total. The van der Waals surface area contributed by atoms with Gasteiger partial charge in [0.25, 0.3) is 0 Å². The first-order valence-electron chi connectivity index (χ1n) is 7.43. The fraction of sp³-hybridized carbons (Fsp3) is 0.600. The van der Waals surface area contributed by atoms with Crippen molar-refractivity contribution in [3.8, 4) is 0 Å². The monoisotopic (exact) mass is 309 g/mol. The van der Waals surface area contributed by atoms with Crippen molar-refractivity contribution in [2.75, 3.05) is 6.54 Å². The number of carbonyl (C=O) groups excluding carboxylic acids is 2. The number of fused-ring (bicyclic) bond motifs is 1. The van der Waals surface area contributed by atoms with Crippen LogP contribution in [0.3, 0.4) is 0 Å². The van der Waals surface area contributed by atoms with E-state index < -0.39 is 12.1 Å². The second kappa shape index (κ2) is 7.04. The lowest BCUT2D eigenvalue weighted by molar-refractivity contribution is -0.137. The zero-order valence-corrected chi connectivity index (χ0v) is 13.4. The Morgan fingerprint density at radius 2 is 2.29 bits per heavy atom. The fourth-order valence-electron chi connectivity index (χ4n) is 2.51. The van der Waals surface area contributed by atoms with Crippen LogP contribution in [0.5, 0.6) is 0 Å². The molecule has 1 unspecified atom stereocenters. The van der Waals surface area contributed by atoms with Crippen LogP contribution in [-0.2, 0) is 22.6 Å². The molecule has 116 valence electrons. The van der Waals surface area contributed by atoms with Crippen molar-refractivity contribution >= 4 is 23.2 Å². The summed E-state index contributed by atoms with van der Waals surface area (Å²) in [6.45, 7) is 5.00. The van der Waals surface area contributed by atoms with E-state index in [0.717, 1.165) is 19.4 Å². The molecule has 2 rings (SSSR count). The number of hydrogen-bond acceptors (Lipinski definition) is 4. The molecule has 21 heavy (non-hydrogen) atoms. The van der Waals surface area contributed by atoms with Gasteiger partial charge < -0.3 is 16.0 Å². The molecule has 0 radical (unpaired) electrons. The van der Waals surface area contributed by atoms with E-state index in [1.54, 1.807) is 18.3 Å². The second-order valence-corrected chi connectivity index (χ2v) is 6.52. The molecule has 1 aliphatic heterocycles. The molecule has 2 amide bonds. The van der Waals surface area contributed by atoms with E-state index in [9.17, 15) is 9.59 Å². The number of rotatable bonds is 5. The number of amides is 2. The number of nitrogens with two attached hydrogens (primary N) is 1. The number of hydrogen-bond donors (Lipinski definition) is 2. The van der Waals surface area contributed by atoms with E-state index in [-0.39, 0.29) is 11.8 Å². The minimum Gasteiger partial charge on any atom is -0.343 e. The summed E-state index contributed by atoms with van der Waals surface area (Å²) < 4.78 is 0. The zero-order valence-electron chi connectivity index (χ0n) is 12.6. The van der Waals surface area contributed by atoms with Crippen LogP contribution in [0.25, 0.3) is 0 Å². The molecule has 3 N–H and O–H groups in total. The van der Waals surface area contributed by atoms with Gasteiger partial charge in [0.15, 0.2) is 0 Å². The summed E-state index contributed by atoms with van der Waals surface area (Å²) in [4.78, 5) is 27.6. The van der Waals surface area contributed by atoms with Crippen molar-refractivity contribution < 1.29 is 9.59 Å². The standard InChI is InChI=1S/C15H23N3O2S/c1-3-4-12(17-14(19)10(2)16)15(20)18-7-5-13-11(9-18)6-8-21-13/h6,8,10,12H,3-5,7,9,16H2,1-2H3,(H,17,19)/t10-,12?/m0/s1. The third-order valence-electron chi connectivity index (χ3n) is 3.72. The van der Waals surface area contributed by atoms with Crippen molar-refractivity contribution in [3.63, 3.8) is 0 Å². The fourth-order valence-corrected chi connectivity index (χ4v) is 3.40. The van der Waals surface area contributed by atoms with Gasteiger partial charge in [-0.05, 0) is 36.8 Å². The molecule has 2 atom stereocenters. The predicted octanol–water partition coefficient (Wildman–Crippen LogP) is 1.26. The smallest absolute Gasteiger partial charge is 0.245 e. The van der Waals surface area contributed by atoms with E-state index in [1.165, 1.54) is 10.4 Å². The SMILES string of the molecule is CCCC(NC(=O)[C@H](C)N)C(=O)N1CCc2sccc2C1. The summed E-state index contributed by atoms with van der Waals surface area (Å²) >= 11 is 1.75. The lowest BCUT2D eigenvalue weighted by Gasteiger charge is -2.31. The first-order chi connectivity index (χ1) is 10.0. The van der Waals surface area contributed by atoms with Crippen LogP contribution in [0, 0.1) is 0 Å². The number of nitrogens with one attached hydrogen (secondary N) is 1. The van der Waals surface area contributed by atoms with E-state index in [2.05, 4.69) is 16.8 Å². The highest BCUT2D eigenvalue weighted by Crippen LogP contribution is 2.24. The van der Waals surface area contributed by atoms with Gasteiger partial charge in [0.2, 0.25) is 11.8 Å². The van der Waals surface area contributed by atoms with Crippen molar-refractivity contribution in [1.29, 1.82) is 0 Å². The summed E-state index contributed by atoms with van der Waals surface area (Å²) in [7, 11) is 0. The van der Waals surface area contributed by atoms with Gasteiger partial charge in [-0.1, -0.05) is 13.3 Å². The molecule has 0 bridgehead atoms. The predicted molar refractivity (Wildman–Crippen MR) is 83.9 cm³/mol. The topological polar surface area (TPSA) is 75.4 Å². The summed E-state index contributed by atoms with van der Waals surface area (Å²) in [5.41, 5.74) is 6.80. The van der Waals surface area contributed by atoms with Crippen molar-refractivity contribution in [3.05, 3.63) is 21.9 Å². The van der Waals surface area contributed by atoms with Crippen LogP contribution in [0.1, 0.15) is 37.1 Å². The molecule has 0 saturated heterocycles. The molecular formula is C15H23N3O2S. The Hall–Kier alpha value is -1.40. The normalized spacial score (nSPS) is 17.0. The Kier molecular flexibility index (Phi) is 5.36. The van der Waals surface area contributed by atoms with Gasteiger partial charge in [-0.25, -0.2) is 0 Å². The van der Waals surface area contributed by atoms with Crippen LogP contribution >= 0.6 is 11.3 Å². The Morgan fingerprint density at radius 1 is 1.52 bits per heavy atom. The largest absolute Gasteiger partial charge is 0.343 e. The third-order valence-corrected chi connectivity index (χ3v) is 4.75. The molecule has 2 heterocycles. The highest BCUT2D eigenvalue weighted by atomic mass is 32.1. The van der Waals surface area contributed by atoms with E-state index in [1.807, 2.05) is 11.8 Å². The highest BCUT2D eigenvalue weighted by Gasteiger charge is 2.28. The van der Waals surface area contributed by atoms with Gasteiger partial charge >= 0.3 is 0 Å². The van der Waals surface area contributed by atoms with Gasteiger partial charge in [-0.3, -0.25) is 9.59 Å². The molecule has 0 aromatic carbocycles. The minimum atomic E-state index is -0.595. The quantitative estimate of drug-likeness (QED) is 0.860. The molecule has 0 aliphatic carbocycles. The lowest BCUT2D eigenvalue weighted by Crippen LogP contribution is -2.52. The number of carbonyl (C=O) groups is 2. The third kappa shape index (κ3) is 3.83. The van der Waals surface area contributed by atoms with E-state index >= 15 is 0 Å². The van der Waals surface area contributed by atoms with Crippen molar-refractivity contribution in [2.45, 2.75) is 51.7 Å². The number of thiophene rings is 1. The highest BCUT2D eigenvalue weighted by molar-refractivity contribution is 7.10. The van der Waals surface area contributed by atoms with Crippen LogP contribution < -0.4 is 11.1 Å². The molecule has 1 aromatic heterocycles. The van der Waals surface area contributed by atoms with E-state index in [4.69, 9.17) is 5.73 Å². The molecule has 6 heteroatoms. The van der Waals surface area contributed by atoms with Crippen molar-refractivity contribution in [2.24, 2.45) is 5.73 Å². The Labute approximate surface area is 129 Å². The van der Waals surface area contributed by atoms with Crippen molar-refractivity contribution in [1.82, 2.24) is 10.2 Å². The van der Waals surface area contributed by atoms with Gasteiger partial charge in [-0.15, -0.1) is 11.3 Å². The molecule has 0 saturated carbocycles. The van der Waals surface area contributed by atoms with Gasteiger partial charge in [0.05, 0.1) is 6.04 Å². The van der Waals surface area contributed by atoms with Crippen LogP contribution in [-0.4, -0.2) is 35.3 Å². The van der Waals surface area contributed by atoms with Gasteiger partial charge in [-0.2, -0.15) is 0 Å². The van der Waals surface area contributed by atoms with E-state index in [0.29, 0.717) is 13.0 Å². The minimum absolute atomic E-state index is 0.00250. The summed E-state index contributed by atoms with van der Waals surface area (Å²) in [6.07, 6.45) is 2.39. The average molecular weight is 309 g/mol. The summed E-state index contributed by atoms with van der Waals surface area (Å²) in [5, 5.41) is 4.85. The van der Waals surface area contributed by atoms with Gasteiger partial charge in [0, 0.05) is 18.0 Å². The maximum Gasteiger partial charge on any atom is 0.245 e. The van der Waals surface area contributed by atoms with Crippen LogP contribution in [0.2, 0.25) is 0 Å². The molecule has 0 fully saturated rings. The van der Waals surface area contributed by atoms with Crippen LogP contribution in [0.4, 0.5) is 0 Å². The average Bonchev–Trinajstić information content (AvgIpc) is 2.93. The Bertz CT molecular complexity index is 513. The number of nitrogens with zero attached hydrogens (tertiary/aromatic N) is 1. The Morgan fingerprint density at radius 3 is 2.95 bits per heavy atom. The first-order valence-corrected chi connectivity index (χ1v) is 8.30. The maximum atomic E-state index is 12.7. The second-order valence-electron chi connectivity index (χ2n) is 5.52. The lowest BCUT2D eigenvalue weighted by atomic mass is 10.1. The Balaban J connectivity index is 2.03. The molecule has 0 spiro atoms.